The van der Waals surface area contributed by atoms with Crippen LogP contribution in [-0.2, 0) is 6.54 Å². The van der Waals surface area contributed by atoms with Crippen molar-refractivity contribution < 1.29 is 0 Å². The molecule has 1 aromatic heterocycles. The first-order valence-corrected chi connectivity index (χ1v) is 6.78. The largest absolute Gasteiger partial charge is 0.315 e. The van der Waals surface area contributed by atoms with E-state index < -0.39 is 0 Å². The Kier molecular flexibility index (Phi) is 4.15. The van der Waals surface area contributed by atoms with E-state index in [0.717, 1.165) is 30.4 Å². The van der Waals surface area contributed by atoms with Crippen molar-refractivity contribution in [1.82, 2.24) is 20.2 Å². The quantitative estimate of drug-likeness (QED) is 0.792. The molecule has 0 saturated carbocycles. The van der Waals surface area contributed by atoms with Gasteiger partial charge in [-0.25, -0.2) is 4.98 Å². The summed E-state index contributed by atoms with van der Waals surface area (Å²) in [4.78, 5) is 11.1. The Morgan fingerprint density at radius 2 is 2.31 bits per heavy atom. The van der Waals surface area contributed by atoms with Gasteiger partial charge in [0.15, 0.2) is 0 Å². The third kappa shape index (κ3) is 2.72. The van der Waals surface area contributed by atoms with E-state index >= 15 is 0 Å². The minimum absolute atomic E-state index is 0.636. The van der Waals surface area contributed by atoms with E-state index in [2.05, 4.69) is 27.2 Å². The van der Waals surface area contributed by atoms with Crippen molar-refractivity contribution in [2.45, 2.75) is 24.0 Å². The minimum atomic E-state index is 0.636. The lowest BCUT2D eigenvalue weighted by atomic mass is 10.2. The molecule has 0 unspecified atom stereocenters. The summed E-state index contributed by atoms with van der Waals surface area (Å²) in [6, 6.07) is 0.636. The zero-order chi connectivity index (χ0) is 11.4. The fourth-order valence-corrected chi connectivity index (χ4v) is 2.53. The van der Waals surface area contributed by atoms with E-state index in [1.165, 1.54) is 6.42 Å². The molecule has 1 aromatic rings. The highest BCUT2D eigenvalue weighted by molar-refractivity contribution is 7.98. The van der Waals surface area contributed by atoms with Crippen LogP contribution in [0.3, 0.4) is 0 Å². The highest BCUT2D eigenvalue weighted by Gasteiger charge is 2.20. The SMILES string of the molecule is CSc1nccnc1CN(C)[C@H]1CCNC1. The van der Waals surface area contributed by atoms with Crippen LogP contribution in [0.1, 0.15) is 12.1 Å². The summed E-state index contributed by atoms with van der Waals surface area (Å²) in [7, 11) is 2.16. The van der Waals surface area contributed by atoms with Gasteiger partial charge < -0.3 is 5.32 Å². The number of nitrogens with one attached hydrogen (secondary N) is 1. The number of rotatable bonds is 4. The van der Waals surface area contributed by atoms with Gasteiger partial charge in [-0.1, -0.05) is 0 Å². The maximum atomic E-state index is 4.42. The molecule has 1 saturated heterocycles. The van der Waals surface area contributed by atoms with Crippen molar-refractivity contribution in [3.63, 3.8) is 0 Å². The van der Waals surface area contributed by atoms with E-state index in [1.54, 1.807) is 24.2 Å². The Balaban J connectivity index is 2.01. The molecule has 4 nitrogen and oxygen atoms in total. The van der Waals surface area contributed by atoms with Crippen LogP contribution in [-0.4, -0.2) is 47.3 Å². The normalized spacial score (nSPS) is 20.6. The Bertz CT molecular complexity index is 339. The Hall–Kier alpha value is -0.650. The van der Waals surface area contributed by atoms with Crippen LogP contribution in [0.15, 0.2) is 17.4 Å². The predicted molar refractivity (Wildman–Crippen MR) is 66.6 cm³/mol. The third-order valence-electron chi connectivity index (χ3n) is 2.99. The first-order chi connectivity index (χ1) is 7.81. The van der Waals surface area contributed by atoms with E-state index in [9.17, 15) is 0 Å². The van der Waals surface area contributed by atoms with Gasteiger partial charge in [-0.15, -0.1) is 11.8 Å². The highest BCUT2D eigenvalue weighted by Crippen LogP contribution is 2.17. The van der Waals surface area contributed by atoms with Gasteiger partial charge in [-0.3, -0.25) is 9.88 Å². The van der Waals surface area contributed by atoms with Crippen LogP contribution in [0, 0.1) is 0 Å². The maximum absolute atomic E-state index is 4.42. The standard InChI is InChI=1S/C11H18N4S/c1-15(9-3-4-12-7-9)8-10-11(16-2)14-6-5-13-10/h5-6,9,12H,3-4,7-8H2,1-2H3/t9-/m0/s1. The molecule has 0 radical (unpaired) electrons. The molecule has 88 valence electrons. The van der Waals surface area contributed by atoms with Gasteiger partial charge in [0, 0.05) is 31.5 Å². The molecule has 16 heavy (non-hydrogen) atoms. The number of likely N-dealkylation sites (N-methyl/N-ethyl adjacent to an activating group) is 1. The summed E-state index contributed by atoms with van der Waals surface area (Å²) in [5, 5.41) is 4.43. The fraction of sp³-hybridized carbons (Fsp3) is 0.636. The number of hydrogen-bond acceptors (Lipinski definition) is 5. The summed E-state index contributed by atoms with van der Waals surface area (Å²) < 4.78 is 0. The van der Waals surface area contributed by atoms with Gasteiger partial charge in [0.1, 0.15) is 5.03 Å². The van der Waals surface area contributed by atoms with Gasteiger partial charge in [-0.2, -0.15) is 0 Å². The summed E-state index contributed by atoms with van der Waals surface area (Å²) in [6.45, 7) is 3.10. The Morgan fingerprint density at radius 3 is 3.00 bits per heavy atom. The van der Waals surface area contributed by atoms with Crippen LogP contribution < -0.4 is 5.32 Å². The molecule has 0 amide bonds. The Morgan fingerprint density at radius 1 is 1.50 bits per heavy atom. The topological polar surface area (TPSA) is 41.1 Å². The van der Waals surface area contributed by atoms with E-state index in [-0.39, 0.29) is 0 Å². The van der Waals surface area contributed by atoms with Crippen molar-refractivity contribution in [2.24, 2.45) is 0 Å². The zero-order valence-corrected chi connectivity index (χ0v) is 10.6. The number of nitrogens with zero attached hydrogens (tertiary/aromatic N) is 3. The minimum Gasteiger partial charge on any atom is -0.315 e. The fourth-order valence-electron chi connectivity index (χ4n) is 2.01. The highest BCUT2D eigenvalue weighted by atomic mass is 32.2. The summed E-state index contributed by atoms with van der Waals surface area (Å²) in [5.74, 6) is 0. The molecular weight excluding hydrogens is 220 g/mol. The number of aromatic nitrogens is 2. The van der Waals surface area contributed by atoms with Gasteiger partial charge in [0.05, 0.1) is 5.69 Å². The van der Waals surface area contributed by atoms with Gasteiger partial charge >= 0.3 is 0 Å². The van der Waals surface area contributed by atoms with E-state index in [1.807, 2.05) is 6.26 Å². The second-order valence-corrected chi connectivity index (χ2v) is 4.87. The van der Waals surface area contributed by atoms with Crippen LogP contribution >= 0.6 is 11.8 Å². The molecular formula is C11H18N4S. The smallest absolute Gasteiger partial charge is 0.119 e. The van der Waals surface area contributed by atoms with E-state index in [0.29, 0.717) is 6.04 Å². The number of hydrogen-bond donors (Lipinski definition) is 1. The summed E-state index contributed by atoms with van der Waals surface area (Å²) in [5.41, 5.74) is 1.09. The average molecular weight is 238 g/mol. The van der Waals surface area contributed by atoms with E-state index in [4.69, 9.17) is 0 Å². The molecule has 1 aliphatic heterocycles. The summed E-state index contributed by atoms with van der Waals surface area (Å²) in [6.07, 6.45) is 6.80. The molecule has 0 aromatic carbocycles. The van der Waals surface area contributed by atoms with Crippen LogP contribution in [0.5, 0.6) is 0 Å². The van der Waals surface area contributed by atoms with Crippen molar-refractivity contribution in [1.29, 1.82) is 0 Å². The molecule has 0 aliphatic carbocycles. The molecule has 5 heteroatoms. The predicted octanol–water partition coefficient (Wildman–Crippen LogP) is 0.992. The van der Waals surface area contributed by atoms with Gasteiger partial charge in [0.2, 0.25) is 0 Å². The monoisotopic (exact) mass is 238 g/mol. The average Bonchev–Trinajstić information content (AvgIpc) is 2.83. The lowest BCUT2D eigenvalue weighted by Gasteiger charge is -2.23. The van der Waals surface area contributed by atoms with Crippen molar-refractivity contribution >= 4 is 11.8 Å². The molecule has 2 rings (SSSR count). The molecule has 1 atom stereocenters. The summed E-state index contributed by atoms with van der Waals surface area (Å²) >= 11 is 1.66. The molecule has 2 heterocycles. The molecule has 0 bridgehead atoms. The van der Waals surface area contributed by atoms with Crippen LogP contribution in [0.4, 0.5) is 0 Å². The van der Waals surface area contributed by atoms with Crippen molar-refractivity contribution in [2.75, 3.05) is 26.4 Å². The zero-order valence-electron chi connectivity index (χ0n) is 9.81. The van der Waals surface area contributed by atoms with Crippen LogP contribution in [0.25, 0.3) is 0 Å². The number of thioether (sulfide) groups is 1. The first-order valence-electron chi connectivity index (χ1n) is 5.56. The van der Waals surface area contributed by atoms with Gasteiger partial charge in [-0.05, 0) is 26.3 Å². The second kappa shape index (κ2) is 5.61. The lowest BCUT2D eigenvalue weighted by molar-refractivity contribution is 0.243. The van der Waals surface area contributed by atoms with Crippen molar-refractivity contribution in [3.05, 3.63) is 18.1 Å². The van der Waals surface area contributed by atoms with Gasteiger partial charge in [0.25, 0.3) is 0 Å². The first kappa shape index (κ1) is 11.8. The van der Waals surface area contributed by atoms with Crippen LogP contribution in [0.2, 0.25) is 0 Å². The third-order valence-corrected chi connectivity index (χ3v) is 3.71. The molecule has 0 spiro atoms. The molecule has 1 aliphatic rings. The molecule has 1 fully saturated rings. The lowest BCUT2D eigenvalue weighted by Crippen LogP contribution is -2.33. The van der Waals surface area contributed by atoms with Crippen molar-refractivity contribution in [3.8, 4) is 0 Å². The molecule has 1 N–H and O–H groups in total. The second-order valence-electron chi connectivity index (χ2n) is 4.07. The maximum Gasteiger partial charge on any atom is 0.119 e. The Labute approximate surface area is 101 Å².